The number of quaternary nitrogens is 1. The van der Waals surface area contributed by atoms with Gasteiger partial charge in [-0.15, -0.1) is 0 Å². The van der Waals surface area contributed by atoms with Gasteiger partial charge in [-0.1, -0.05) is 0 Å². The number of likely N-dealkylation sites (N-methyl/N-ethyl adjacent to an activating group) is 1. The Morgan fingerprint density at radius 2 is 1.18 bits per heavy atom. The Kier molecular flexibility index (Phi) is 6.13. The zero-order valence-corrected chi connectivity index (χ0v) is 14.1. The Hall–Kier alpha value is -1.22. The second-order valence-corrected chi connectivity index (χ2v) is 5.86. The van der Waals surface area contributed by atoms with Crippen LogP contribution in [0.25, 0.3) is 0 Å². The van der Waals surface area contributed by atoms with E-state index in [4.69, 9.17) is 0 Å². The van der Waals surface area contributed by atoms with E-state index in [1.165, 1.54) is 13.8 Å². The Morgan fingerprint density at radius 3 is 1.50 bits per heavy atom. The van der Waals surface area contributed by atoms with E-state index in [0.29, 0.717) is 0 Å². The standard InChI is InChI=1S/C13H15F5NO2.BrH/c1-13(2,19(3,4)5)12(20)21-11-9(17)7(15)6(14)8(16)10(11)18;/h1-5H3;1H/q+1;/p-1. The summed E-state index contributed by atoms with van der Waals surface area (Å²) in [5.41, 5.74) is -1.28. The molecule has 126 valence electrons. The van der Waals surface area contributed by atoms with Crippen LogP contribution in [-0.4, -0.2) is 37.1 Å². The van der Waals surface area contributed by atoms with Gasteiger partial charge in [0.05, 0.1) is 21.1 Å². The quantitative estimate of drug-likeness (QED) is 0.178. The van der Waals surface area contributed by atoms with Gasteiger partial charge in [-0.2, -0.15) is 8.78 Å². The Bertz CT molecular complexity index is 570. The van der Waals surface area contributed by atoms with E-state index < -0.39 is 46.3 Å². The molecule has 1 aromatic carbocycles. The molecule has 1 aromatic rings. The molecule has 9 heteroatoms. The van der Waals surface area contributed by atoms with Crippen LogP contribution in [-0.2, 0) is 4.79 Å². The first-order valence-electron chi connectivity index (χ1n) is 5.87. The molecular weight excluding hydrogens is 377 g/mol. The van der Waals surface area contributed by atoms with E-state index in [9.17, 15) is 26.7 Å². The molecule has 0 amide bonds. The van der Waals surface area contributed by atoms with Crippen molar-refractivity contribution in [3.8, 4) is 5.75 Å². The lowest BCUT2D eigenvalue weighted by atomic mass is 10.0. The maximum absolute atomic E-state index is 13.4. The fraction of sp³-hybridized carbons (Fsp3) is 0.462. The summed E-state index contributed by atoms with van der Waals surface area (Å²) in [5.74, 6) is -13.7. The predicted octanol–water partition coefficient (Wildman–Crippen LogP) is -0.224. The Balaban J connectivity index is 0.00000441. The number of halogens is 6. The van der Waals surface area contributed by atoms with Gasteiger partial charge >= 0.3 is 5.97 Å². The number of ether oxygens (including phenoxy) is 1. The number of rotatable bonds is 3. The van der Waals surface area contributed by atoms with Crippen LogP contribution in [0, 0.1) is 29.1 Å². The van der Waals surface area contributed by atoms with Crippen molar-refractivity contribution in [3.63, 3.8) is 0 Å². The molecule has 0 aliphatic rings. The first-order valence-corrected chi connectivity index (χ1v) is 5.87. The zero-order valence-electron chi connectivity index (χ0n) is 12.5. The molecule has 0 spiro atoms. The summed E-state index contributed by atoms with van der Waals surface area (Å²) in [5, 5.41) is 0. The van der Waals surface area contributed by atoms with E-state index >= 15 is 0 Å². The van der Waals surface area contributed by atoms with Crippen molar-refractivity contribution in [2.24, 2.45) is 0 Å². The molecule has 0 aliphatic carbocycles. The normalized spacial score (nSPS) is 11.9. The average molecular weight is 392 g/mol. The third kappa shape index (κ3) is 3.40. The van der Waals surface area contributed by atoms with Gasteiger partial charge in [-0.3, -0.25) is 0 Å². The first-order chi connectivity index (χ1) is 9.32. The number of esters is 1. The molecule has 0 radical (unpaired) electrons. The highest BCUT2D eigenvalue weighted by atomic mass is 79.9. The van der Waals surface area contributed by atoms with Gasteiger partial charge in [-0.05, 0) is 0 Å². The van der Waals surface area contributed by atoms with Crippen LogP contribution >= 0.6 is 0 Å². The number of carbonyl (C=O) groups is 1. The molecule has 0 aliphatic heterocycles. The monoisotopic (exact) mass is 391 g/mol. The summed E-state index contributed by atoms with van der Waals surface area (Å²) in [6, 6.07) is 0. The van der Waals surface area contributed by atoms with Crippen molar-refractivity contribution in [1.29, 1.82) is 0 Å². The number of nitrogens with zero attached hydrogens (tertiary/aromatic N) is 1. The van der Waals surface area contributed by atoms with Gasteiger partial charge in [0.25, 0.3) is 0 Å². The second kappa shape index (κ2) is 6.49. The summed E-state index contributed by atoms with van der Waals surface area (Å²) < 4.78 is 70.3. The van der Waals surface area contributed by atoms with Crippen molar-refractivity contribution < 1.29 is 52.9 Å². The maximum atomic E-state index is 13.4. The number of carbonyl (C=O) groups excluding carboxylic acids is 1. The van der Waals surface area contributed by atoms with Crippen molar-refractivity contribution >= 4 is 5.97 Å². The molecule has 0 atom stereocenters. The SMILES string of the molecule is CC(C)(C(=O)Oc1c(F)c(F)c(F)c(F)c1F)[N+](C)(C)C.[Br-]. The lowest BCUT2D eigenvalue weighted by molar-refractivity contribution is -0.909. The third-order valence-electron chi connectivity index (χ3n) is 3.54. The Labute approximate surface area is 135 Å². The summed E-state index contributed by atoms with van der Waals surface area (Å²) in [7, 11) is 4.83. The second-order valence-electron chi connectivity index (χ2n) is 5.86. The van der Waals surface area contributed by atoms with Crippen molar-refractivity contribution in [2.75, 3.05) is 21.1 Å². The lowest BCUT2D eigenvalue weighted by Gasteiger charge is -2.38. The van der Waals surface area contributed by atoms with Gasteiger partial charge in [0.2, 0.25) is 34.8 Å². The minimum Gasteiger partial charge on any atom is -1.00 e. The minimum atomic E-state index is -2.31. The van der Waals surface area contributed by atoms with E-state index in [0.717, 1.165) is 0 Å². The van der Waals surface area contributed by atoms with Crippen molar-refractivity contribution in [3.05, 3.63) is 29.1 Å². The van der Waals surface area contributed by atoms with Gasteiger partial charge < -0.3 is 26.2 Å². The summed E-state index contributed by atoms with van der Waals surface area (Å²) in [6.45, 7) is 2.84. The third-order valence-corrected chi connectivity index (χ3v) is 3.54. The fourth-order valence-corrected chi connectivity index (χ4v) is 1.17. The number of benzene rings is 1. The highest BCUT2D eigenvalue weighted by Crippen LogP contribution is 2.31. The molecule has 3 nitrogen and oxygen atoms in total. The summed E-state index contributed by atoms with van der Waals surface area (Å²) in [6.07, 6.45) is 0. The zero-order chi connectivity index (χ0) is 16.7. The molecule has 0 saturated heterocycles. The summed E-state index contributed by atoms with van der Waals surface area (Å²) in [4.78, 5) is 12.0. The highest BCUT2D eigenvalue weighted by Gasteiger charge is 2.44. The average Bonchev–Trinajstić information content (AvgIpc) is 2.37. The molecule has 0 fully saturated rings. The van der Waals surface area contributed by atoms with Crippen LogP contribution in [0.2, 0.25) is 0 Å². The van der Waals surface area contributed by atoms with Crippen molar-refractivity contribution in [2.45, 2.75) is 19.4 Å². The van der Waals surface area contributed by atoms with Gasteiger partial charge in [0, 0.05) is 13.8 Å². The molecule has 0 aromatic heterocycles. The van der Waals surface area contributed by atoms with E-state index in [1.807, 2.05) is 0 Å². The highest BCUT2D eigenvalue weighted by molar-refractivity contribution is 5.80. The molecule has 0 saturated carbocycles. The van der Waals surface area contributed by atoms with E-state index in [1.54, 1.807) is 21.1 Å². The van der Waals surface area contributed by atoms with Crippen LogP contribution in [0.4, 0.5) is 22.0 Å². The van der Waals surface area contributed by atoms with Crippen LogP contribution in [0.3, 0.4) is 0 Å². The van der Waals surface area contributed by atoms with Crippen LogP contribution < -0.4 is 21.7 Å². The summed E-state index contributed by atoms with van der Waals surface area (Å²) >= 11 is 0. The predicted molar refractivity (Wildman–Crippen MR) is 64.0 cm³/mol. The van der Waals surface area contributed by atoms with Crippen LogP contribution in [0.1, 0.15) is 13.8 Å². The van der Waals surface area contributed by atoms with E-state index in [2.05, 4.69) is 4.74 Å². The number of hydrogen-bond donors (Lipinski definition) is 0. The first kappa shape index (κ1) is 20.8. The van der Waals surface area contributed by atoms with Gasteiger partial charge in [0.1, 0.15) is 0 Å². The van der Waals surface area contributed by atoms with Gasteiger partial charge in [0.15, 0.2) is 5.54 Å². The topological polar surface area (TPSA) is 26.3 Å². The van der Waals surface area contributed by atoms with E-state index in [-0.39, 0.29) is 21.5 Å². The Morgan fingerprint density at radius 1 is 0.864 bits per heavy atom. The molecule has 0 bridgehead atoms. The molecular formula is C13H15BrF5NO2. The fourth-order valence-electron chi connectivity index (χ4n) is 1.17. The van der Waals surface area contributed by atoms with Crippen LogP contribution in [0.5, 0.6) is 5.75 Å². The smallest absolute Gasteiger partial charge is 0.373 e. The largest absolute Gasteiger partial charge is 1.00 e. The van der Waals surface area contributed by atoms with Crippen molar-refractivity contribution in [1.82, 2.24) is 0 Å². The lowest BCUT2D eigenvalue weighted by Crippen LogP contribution is -3.00. The minimum absolute atomic E-state index is 0. The molecule has 0 N–H and O–H groups in total. The van der Waals surface area contributed by atoms with Gasteiger partial charge in [-0.25, -0.2) is 18.0 Å². The number of hydrogen-bond acceptors (Lipinski definition) is 2. The molecule has 0 unspecified atom stereocenters. The molecule has 22 heavy (non-hydrogen) atoms. The molecule has 1 rings (SSSR count). The van der Waals surface area contributed by atoms with Crippen LogP contribution in [0.15, 0.2) is 0 Å². The molecule has 0 heterocycles. The maximum Gasteiger partial charge on any atom is 0.373 e.